The smallest absolute Gasteiger partial charge is 0.306 e. The highest BCUT2D eigenvalue weighted by atomic mass is 16.4. The highest BCUT2D eigenvalue weighted by Gasteiger charge is 2.30. The van der Waals surface area contributed by atoms with Crippen LogP contribution in [0.5, 0.6) is 0 Å². The molecule has 7 heteroatoms. The van der Waals surface area contributed by atoms with E-state index in [1.807, 2.05) is 0 Å². The Hall–Kier alpha value is -1.89. The lowest BCUT2D eigenvalue weighted by molar-refractivity contribution is -0.929. The summed E-state index contributed by atoms with van der Waals surface area (Å²) in [5.74, 6) is -4.39. The lowest BCUT2D eigenvalue weighted by Crippen LogP contribution is -2.52. The molecule has 0 heterocycles. The van der Waals surface area contributed by atoms with Crippen molar-refractivity contribution in [1.82, 2.24) is 0 Å². The average Bonchev–Trinajstić information content (AvgIpc) is 2.79. The monoisotopic (exact) mass is 483 g/mol. The van der Waals surface area contributed by atoms with Crippen LogP contribution in [0.3, 0.4) is 0 Å². The molecule has 3 atom stereocenters. The van der Waals surface area contributed by atoms with Crippen LogP contribution in [0.4, 0.5) is 0 Å². The molecule has 0 aliphatic carbocycles. The second kappa shape index (κ2) is 18.4. The minimum atomic E-state index is -1.09. The SMILES string of the molecule is CCCCCCCC/C=C/CC[N+](CCC(C)C(=O)[O-])(CCC(C)C(=O)O)CCC(C)C(=O)O. The number of nitrogens with zero attached hydrogens (tertiary/aromatic N) is 1. The Labute approximate surface area is 206 Å². The lowest BCUT2D eigenvalue weighted by Gasteiger charge is -2.40. The van der Waals surface area contributed by atoms with Crippen LogP contribution in [0.1, 0.15) is 98.3 Å². The van der Waals surface area contributed by atoms with Crippen LogP contribution in [0, 0.1) is 17.8 Å². The van der Waals surface area contributed by atoms with Gasteiger partial charge in [0.15, 0.2) is 0 Å². The molecule has 0 rings (SSSR count). The van der Waals surface area contributed by atoms with E-state index < -0.39 is 35.7 Å². The number of unbranched alkanes of at least 4 members (excludes halogenated alkanes) is 6. The van der Waals surface area contributed by atoms with Gasteiger partial charge in [0.05, 0.1) is 38.0 Å². The highest BCUT2D eigenvalue weighted by molar-refractivity contribution is 5.69. The van der Waals surface area contributed by atoms with Crippen molar-refractivity contribution in [1.29, 1.82) is 0 Å². The van der Waals surface area contributed by atoms with E-state index in [2.05, 4.69) is 19.1 Å². The first-order chi connectivity index (χ1) is 16.0. The highest BCUT2D eigenvalue weighted by Crippen LogP contribution is 2.21. The summed E-state index contributed by atoms with van der Waals surface area (Å²) in [6, 6.07) is 0. The Morgan fingerprint density at radius 2 is 1.15 bits per heavy atom. The summed E-state index contributed by atoms with van der Waals surface area (Å²) >= 11 is 0. The topological polar surface area (TPSA) is 115 Å². The fourth-order valence-electron chi connectivity index (χ4n) is 4.06. The van der Waals surface area contributed by atoms with E-state index in [4.69, 9.17) is 0 Å². The van der Waals surface area contributed by atoms with Gasteiger partial charge in [-0.2, -0.15) is 0 Å². The molecule has 0 aliphatic rings. The normalized spacial score (nSPS) is 16.1. The number of carbonyl (C=O) groups excluding carboxylic acids is 1. The summed E-state index contributed by atoms with van der Waals surface area (Å²) < 4.78 is 0.536. The molecule has 0 radical (unpaired) electrons. The van der Waals surface area contributed by atoms with Crippen molar-refractivity contribution in [2.75, 3.05) is 26.2 Å². The summed E-state index contributed by atoms with van der Waals surface area (Å²) in [6.07, 6.45) is 15.1. The average molecular weight is 484 g/mol. The van der Waals surface area contributed by atoms with Gasteiger partial charge in [0.2, 0.25) is 0 Å². The molecule has 0 bridgehead atoms. The van der Waals surface area contributed by atoms with Crippen LogP contribution in [0.2, 0.25) is 0 Å². The first kappa shape index (κ1) is 32.1. The standard InChI is InChI=1S/C27H49NO6/c1-5-6-7-8-9-10-11-12-13-14-18-28(19-15-22(2)25(29)30,20-16-23(3)26(31)32)21-17-24(4)27(33)34/h12-13,22-24H,5-11,14-21H2,1-4H3,(H2-,29,30,31,32,33,34)/b13-12+. The number of carboxylic acid groups (broad SMARTS) is 3. The molecule has 2 N–H and O–H groups in total. The van der Waals surface area contributed by atoms with Gasteiger partial charge in [0, 0.05) is 37.6 Å². The number of hydrogen-bond donors (Lipinski definition) is 2. The number of hydrogen-bond acceptors (Lipinski definition) is 4. The number of quaternary nitrogens is 1. The van der Waals surface area contributed by atoms with E-state index in [0.717, 1.165) is 19.4 Å². The van der Waals surface area contributed by atoms with Crippen LogP contribution in [-0.2, 0) is 14.4 Å². The van der Waals surface area contributed by atoms with Gasteiger partial charge in [-0.3, -0.25) is 9.59 Å². The molecule has 0 saturated carbocycles. The predicted molar refractivity (Wildman–Crippen MR) is 133 cm³/mol. The Kier molecular flexibility index (Phi) is 17.4. The first-order valence-corrected chi connectivity index (χ1v) is 13.2. The second-order valence-electron chi connectivity index (χ2n) is 10.1. The van der Waals surface area contributed by atoms with E-state index in [1.165, 1.54) is 38.5 Å². The summed E-state index contributed by atoms with van der Waals surface area (Å²) in [5, 5.41) is 30.0. The zero-order valence-corrected chi connectivity index (χ0v) is 22.0. The lowest BCUT2D eigenvalue weighted by atomic mass is 10.0. The molecule has 198 valence electrons. The van der Waals surface area contributed by atoms with Crippen molar-refractivity contribution in [3.8, 4) is 0 Å². The fourth-order valence-corrected chi connectivity index (χ4v) is 4.06. The maximum atomic E-state index is 11.4. The van der Waals surface area contributed by atoms with E-state index in [1.54, 1.807) is 20.8 Å². The molecule has 0 aliphatic heterocycles. The van der Waals surface area contributed by atoms with E-state index in [-0.39, 0.29) is 0 Å². The summed E-state index contributed by atoms with van der Waals surface area (Å²) in [6.45, 7) is 9.69. The molecule has 0 amide bonds. The summed E-state index contributed by atoms with van der Waals surface area (Å²) in [7, 11) is 0. The first-order valence-electron chi connectivity index (χ1n) is 13.2. The molecule has 34 heavy (non-hydrogen) atoms. The van der Waals surface area contributed by atoms with E-state index in [0.29, 0.717) is 43.4 Å². The van der Waals surface area contributed by atoms with Gasteiger partial charge in [-0.25, -0.2) is 0 Å². The largest absolute Gasteiger partial charge is 0.550 e. The number of carboxylic acids is 3. The van der Waals surface area contributed by atoms with Crippen LogP contribution < -0.4 is 5.11 Å². The number of allylic oxidation sites excluding steroid dienone is 1. The van der Waals surface area contributed by atoms with Crippen LogP contribution in [0.15, 0.2) is 12.2 Å². The molecular weight excluding hydrogens is 434 g/mol. The quantitative estimate of drug-likeness (QED) is 0.133. The molecule has 0 saturated heterocycles. The van der Waals surface area contributed by atoms with Gasteiger partial charge in [-0.1, -0.05) is 72.0 Å². The minimum absolute atomic E-state index is 0.423. The van der Waals surface area contributed by atoms with Crippen molar-refractivity contribution in [3.05, 3.63) is 12.2 Å². The van der Waals surface area contributed by atoms with Gasteiger partial charge in [-0.15, -0.1) is 0 Å². The number of carbonyl (C=O) groups is 3. The van der Waals surface area contributed by atoms with Crippen molar-refractivity contribution in [2.24, 2.45) is 17.8 Å². The van der Waals surface area contributed by atoms with Crippen molar-refractivity contribution in [2.45, 2.75) is 98.3 Å². The van der Waals surface area contributed by atoms with Crippen molar-refractivity contribution >= 4 is 17.9 Å². The maximum Gasteiger partial charge on any atom is 0.306 e. The Balaban J connectivity index is 5.18. The molecule has 0 aromatic heterocycles. The number of rotatable bonds is 22. The molecule has 0 spiro atoms. The van der Waals surface area contributed by atoms with Gasteiger partial charge in [0.1, 0.15) is 0 Å². The minimum Gasteiger partial charge on any atom is -0.550 e. The van der Waals surface area contributed by atoms with Gasteiger partial charge < -0.3 is 24.6 Å². The van der Waals surface area contributed by atoms with E-state index in [9.17, 15) is 29.7 Å². The Bertz CT molecular complexity index is 558. The zero-order chi connectivity index (χ0) is 26.0. The number of aliphatic carboxylic acids is 3. The molecular formula is C27H49NO6. The van der Waals surface area contributed by atoms with Crippen molar-refractivity contribution in [3.63, 3.8) is 0 Å². The van der Waals surface area contributed by atoms with Crippen LogP contribution in [0.25, 0.3) is 0 Å². The van der Waals surface area contributed by atoms with Crippen LogP contribution in [-0.4, -0.2) is 58.8 Å². The second-order valence-corrected chi connectivity index (χ2v) is 10.1. The Morgan fingerprint density at radius 1 is 0.706 bits per heavy atom. The summed E-state index contributed by atoms with van der Waals surface area (Å²) in [5.41, 5.74) is 0. The summed E-state index contributed by atoms with van der Waals surface area (Å²) in [4.78, 5) is 34.1. The third-order valence-corrected chi connectivity index (χ3v) is 7.02. The maximum absolute atomic E-state index is 11.4. The fraction of sp³-hybridized carbons (Fsp3) is 0.815. The third-order valence-electron chi connectivity index (χ3n) is 7.02. The molecule has 7 nitrogen and oxygen atoms in total. The molecule has 0 aromatic carbocycles. The predicted octanol–water partition coefficient (Wildman–Crippen LogP) is 4.50. The van der Waals surface area contributed by atoms with Crippen molar-refractivity contribution < 1.29 is 34.2 Å². The van der Waals surface area contributed by atoms with Gasteiger partial charge in [-0.05, 0) is 12.8 Å². The molecule has 0 aromatic rings. The zero-order valence-electron chi connectivity index (χ0n) is 22.0. The van der Waals surface area contributed by atoms with Gasteiger partial charge in [0.25, 0.3) is 0 Å². The van der Waals surface area contributed by atoms with Crippen LogP contribution >= 0.6 is 0 Å². The molecule has 0 fully saturated rings. The van der Waals surface area contributed by atoms with E-state index >= 15 is 0 Å². The van der Waals surface area contributed by atoms with Gasteiger partial charge >= 0.3 is 11.9 Å². The Morgan fingerprint density at radius 3 is 1.62 bits per heavy atom. The molecule has 3 unspecified atom stereocenters. The third kappa shape index (κ3) is 15.1.